The van der Waals surface area contributed by atoms with Crippen LogP contribution in [0.2, 0.25) is 0 Å². The van der Waals surface area contributed by atoms with E-state index in [0.717, 1.165) is 5.01 Å². The molecule has 102 valence electrons. The number of hydrogen-bond donors (Lipinski definition) is 1. The fourth-order valence-electron chi connectivity index (χ4n) is 2.11. The lowest BCUT2D eigenvalue weighted by Gasteiger charge is -2.16. The monoisotopic (exact) mass is 276 g/mol. The highest BCUT2D eigenvalue weighted by Gasteiger charge is 2.29. The van der Waals surface area contributed by atoms with Crippen molar-refractivity contribution in [2.24, 2.45) is 7.05 Å². The van der Waals surface area contributed by atoms with Crippen molar-refractivity contribution in [3.8, 4) is 0 Å². The van der Waals surface area contributed by atoms with Crippen LogP contribution in [0.1, 0.15) is 55.0 Å². The van der Waals surface area contributed by atoms with Gasteiger partial charge in [-0.1, -0.05) is 13.8 Å². The third kappa shape index (κ3) is 2.72. The highest BCUT2D eigenvalue weighted by Crippen LogP contribution is 2.31. The molecule has 19 heavy (non-hydrogen) atoms. The number of aromatic nitrogens is 3. The SMILES string of the molecule is CC(C)c1csc(C(NC2CC2)c2cncn2C)n1. The normalized spacial score (nSPS) is 17.1. The van der Waals surface area contributed by atoms with Crippen LogP contribution in [-0.4, -0.2) is 20.6 Å². The molecule has 1 N–H and O–H groups in total. The lowest BCUT2D eigenvalue weighted by molar-refractivity contribution is 0.565. The molecule has 0 aromatic carbocycles. The van der Waals surface area contributed by atoms with Gasteiger partial charge in [-0.2, -0.15) is 0 Å². The Morgan fingerprint density at radius 1 is 1.42 bits per heavy atom. The van der Waals surface area contributed by atoms with E-state index >= 15 is 0 Å². The third-order valence-electron chi connectivity index (χ3n) is 3.51. The molecule has 0 aliphatic heterocycles. The van der Waals surface area contributed by atoms with Gasteiger partial charge in [0.05, 0.1) is 23.9 Å². The van der Waals surface area contributed by atoms with Gasteiger partial charge < -0.3 is 9.88 Å². The fourth-order valence-corrected chi connectivity index (χ4v) is 3.16. The van der Waals surface area contributed by atoms with Crippen LogP contribution in [0.3, 0.4) is 0 Å². The molecule has 1 atom stereocenters. The summed E-state index contributed by atoms with van der Waals surface area (Å²) in [4.78, 5) is 9.04. The maximum Gasteiger partial charge on any atom is 0.116 e. The molecule has 1 aliphatic rings. The van der Waals surface area contributed by atoms with E-state index in [2.05, 4.69) is 34.1 Å². The average molecular weight is 276 g/mol. The summed E-state index contributed by atoms with van der Waals surface area (Å²) < 4.78 is 2.08. The molecule has 0 bridgehead atoms. The number of imidazole rings is 1. The van der Waals surface area contributed by atoms with Gasteiger partial charge in [-0.15, -0.1) is 11.3 Å². The Bertz CT molecular complexity index is 553. The standard InChI is InChI=1S/C14H20N4S/c1-9(2)11-7-19-14(17-11)13(16-10-4-5-10)12-6-15-8-18(12)3/h6-10,13,16H,4-5H2,1-3H3. The van der Waals surface area contributed by atoms with Crippen molar-refractivity contribution in [2.45, 2.75) is 44.7 Å². The van der Waals surface area contributed by atoms with Crippen molar-refractivity contribution < 1.29 is 0 Å². The highest BCUT2D eigenvalue weighted by atomic mass is 32.1. The van der Waals surface area contributed by atoms with E-state index in [4.69, 9.17) is 4.98 Å². The molecule has 1 unspecified atom stereocenters. The smallest absolute Gasteiger partial charge is 0.116 e. The van der Waals surface area contributed by atoms with E-state index in [1.165, 1.54) is 24.2 Å². The van der Waals surface area contributed by atoms with Gasteiger partial charge in [-0.25, -0.2) is 9.97 Å². The Hall–Kier alpha value is -1.20. The molecule has 2 aromatic heterocycles. The van der Waals surface area contributed by atoms with Crippen LogP contribution >= 0.6 is 11.3 Å². The van der Waals surface area contributed by atoms with E-state index in [0.29, 0.717) is 12.0 Å². The van der Waals surface area contributed by atoms with Gasteiger partial charge in [0, 0.05) is 18.5 Å². The first-order valence-electron chi connectivity index (χ1n) is 6.82. The maximum absolute atomic E-state index is 4.80. The van der Waals surface area contributed by atoms with Crippen LogP contribution in [-0.2, 0) is 7.05 Å². The minimum atomic E-state index is 0.178. The minimum Gasteiger partial charge on any atom is -0.336 e. The molecular formula is C14H20N4S. The van der Waals surface area contributed by atoms with Crippen molar-refractivity contribution >= 4 is 11.3 Å². The van der Waals surface area contributed by atoms with Crippen LogP contribution in [0.15, 0.2) is 17.9 Å². The lowest BCUT2D eigenvalue weighted by atomic mass is 10.1. The lowest BCUT2D eigenvalue weighted by Crippen LogP contribution is -2.26. The molecule has 2 heterocycles. The zero-order chi connectivity index (χ0) is 13.4. The second kappa shape index (κ2) is 5.06. The first kappa shape index (κ1) is 12.8. The van der Waals surface area contributed by atoms with E-state index < -0.39 is 0 Å². The summed E-state index contributed by atoms with van der Waals surface area (Å²) in [5, 5.41) is 7.02. The van der Waals surface area contributed by atoms with Gasteiger partial charge in [0.2, 0.25) is 0 Å². The summed E-state index contributed by atoms with van der Waals surface area (Å²) in [5.74, 6) is 0.484. The molecule has 1 fully saturated rings. The molecule has 1 aliphatic carbocycles. The van der Waals surface area contributed by atoms with Gasteiger partial charge in [-0.3, -0.25) is 0 Å². The Morgan fingerprint density at radius 2 is 2.21 bits per heavy atom. The van der Waals surface area contributed by atoms with Crippen LogP contribution in [0, 0.1) is 0 Å². The molecule has 1 saturated carbocycles. The van der Waals surface area contributed by atoms with E-state index in [-0.39, 0.29) is 6.04 Å². The van der Waals surface area contributed by atoms with Gasteiger partial charge >= 0.3 is 0 Å². The molecule has 0 spiro atoms. The molecule has 3 rings (SSSR count). The number of nitrogens with one attached hydrogen (secondary N) is 1. The molecule has 0 radical (unpaired) electrons. The Labute approximate surface area is 117 Å². The van der Waals surface area contributed by atoms with Gasteiger partial charge in [-0.05, 0) is 18.8 Å². The highest BCUT2D eigenvalue weighted by molar-refractivity contribution is 7.09. The van der Waals surface area contributed by atoms with E-state index in [1.54, 1.807) is 11.3 Å². The molecule has 5 heteroatoms. The number of nitrogens with zero attached hydrogens (tertiary/aromatic N) is 3. The topological polar surface area (TPSA) is 42.7 Å². The number of thiazole rings is 1. The second-order valence-corrected chi connectivity index (χ2v) is 6.46. The van der Waals surface area contributed by atoms with Crippen molar-refractivity contribution in [2.75, 3.05) is 0 Å². The summed E-state index contributed by atoms with van der Waals surface area (Å²) in [6, 6.07) is 0.823. The number of rotatable bonds is 5. The van der Waals surface area contributed by atoms with Crippen molar-refractivity contribution in [1.29, 1.82) is 0 Å². The molecule has 2 aromatic rings. The molecular weight excluding hydrogens is 256 g/mol. The second-order valence-electron chi connectivity index (χ2n) is 5.57. The summed E-state index contributed by atoms with van der Waals surface area (Å²) in [5.41, 5.74) is 2.38. The van der Waals surface area contributed by atoms with E-state index in [9.17, 15) is 0 Å². The predicted octanol–water partition coefficient (Wildman–Crippen LogP) is 2.84. The van der Waals surface area contributed by atoms with Gasteiger partial charge in [0.25, 0.3) is 0 Å². The largest absolute Gasteiger partial charge is 0.336 e. The third-order valence-corrected chi connectivity index (χ3v) is 4.44. The average Bonchev–Trinajstić information content (AvgIpc) is 2.90. The van der Waals surface area contributed by atoms with Crippen LogP contribution in [0.25, 0.3) is 0 Å². The van der Waals surface area contributed by atoms with Crippen molar-refractivity contribution in [3.63, 3.8) is 0 Å². The zero-order valence-corrected chi connectivity index (χ0v) is 12.4. The molecule has 0 saturated heterocycles. The first-order valence-corrected chi connectivity index (χ1v) is 7.70. The maximum atomic E-state index is 4.80. The Kier molecular flexibility index (Phi) is 3.41. The summed E-state index contributed by atoms with van der Waals surface area (Å²) >= 11 is 1.75. The number of hydrogen-bond acceptors (Lipinski definition) is 4. The summed E-state index contributed by atoms with van der Waals surface area (Å²) in [7, 11) is 2.04. The Balaban J connectivity index is 1.91. The Morgan fingerprint density at radius 3 is 2.74 bits per heavy atom. The first-order chi connectivity index (χ1) is 9.15. The fraction of sp³-hybridized carbons (Fsp3) is 0.571. The molecule has 4 nitrogen and oxygen atoms in total. The summed E-state index contributed by atoms with van der Waals surface area (Å²) in [6.45, 7) is 4.37. The van der Waals surface area contributed by atoms with Crippen LogP contribution in [0.5, 0.6) is 0 Å². The molecule has 0 amide bonds. The van der Waals surface area contributed by atoms with Crippen LogP contribution < -0.4 is 5.32 Å². The van der Waals surface area contributed by atoms with E-state index in [1.807, 2.05) is 19.6 Å². The predicted molar refractivity (Wildman–Crippen MR) is 77.4 cm³/mol. The minimum absolute atomic E-state index is 0.178. The van der Waals surface area contributed by atoms with Gasteiger partial charge in [0.1, 0.15) is 11.0 Å². The van der Waals surface area contributed by atoms with Crippen molar-refractivity contribution in [3.05, 3.63) is 34.3 Å². The summed E-state index contributed by atoms with van der Waals surface area (Å²) in [6.07, 6.45) is 6.35. The van der Waals surface area contributed by atoms with Crippen LogP contribution in [0.4, 0.5) is 0 Å². The number of aryl methyl sites for hydroxylation is 1. The van der Waals surface area contributed by atoms with Gasteiger partial charge in [0.15, 0.2) is 0 Å². The zero-order valence-electron chi connectivity index (χ0n) is 11.6. The van der Waals surface area contributed by atoms with Crippen molar-refractivity contribution in [1.82, 2.24) is 19.9 Å². The quantitative estimate of drug-likeness (QED) is 0.913.